The molecule has 1 atom stereocenters. The average molecular weight is 423 g/mol. The number of hydrogen-bond acceptors (Lipinski definition) is 3. The van der Waals surface area contributed by atoms with Crippen LogP contribution in [0.4, 0.5) is 0 Å². The van der Waals surface area contributed by atoms with Gasteiger partial charge < -0.3 is 14.5 Å². The van der Waals surface area contributed by atoms with E-state index in [4.69, 9.17) is 4.74 Å². The Morgan fingerprint density at radius 3 is 2.65 bits per heavy atom. The van der Waals surface area contributed by atoms with Crippen LogP contribution in [0.1, 0.15) is 35.2 Å². The Morgan fingerprint density at radius 2 is 2.00 bits per heavy atom. The summed E-state index contributed by atoms with van der Waals surface area (Å²) in [5.74, 6) is 1.15. The summed E-state index contributed by atoms with van der Waals surface area (Å²) in [4.78, 5) is 28.8. The van der Waals surface area contributed by atoms with E-state index in [2.05, 4.69) is 15.9 Å². The molecule has 2 aliphatic rings. The molecule has 0 saturated carbocycles. The minimum Gasteiger partial charge on any atom is -0.384 e. The van der Waals surface area contributed by atoms with E-state index in [1.165, 1.54) is 0 Å². The van der Waals surface area contributed by atoms with Gasteiger partial charge in [-0.1, -0.05) is 22.0 Å². The smallest absolute Gasteiger partial charge is 0.253 e. The van der Waals surface area contributed by atoms with Gasteiger partial charge in [-0.25, -0.2) is 0 Å². The zero-order chi connectivity index (χ0) is 18.7. The molecule has 2 amide bonds. The topological polar surface area (TPSA) is 49.9 Å². The Bertz CT molecular complexity index is 671. The summed E-state index contributed by atoms with van der Waals surface area (Å²) in [7, 11) is 1.69. The molecule has 2 aliphatic heterocycles. The van der Waals surface area contributed by atoms with Crippen molar-refractivity contribution in [2.45, 2.75) is 26.2 Å². The van der Waals surface area contributed by atoms with Gasteiger partial charge in [0.2, 0.25) is 5.91 Å². The Hall–Kier alpha value is -1.40. The van der Waals surface area contributed by atoms with Gasteiger partial charge in [0.25, 0.3) is 5.91 Å². The number of benzene rings is 1. The van der Waals surface area contributed by atoms with Gasteiger partial charge in [0.15, 0.2) is 0 Å². The van der Waals surface area contributed by atoms with Crippen molar-refractivity contribution in [2.75, 3.05) is 39.9 Å². The number of carbonyl (C=O) groups is 2. The van der Waals surface area contributed by atoms with Crippen LogP contribution in [0.2, 0.25) is 0 Å². The molecule has 0 bridgehead atoms. The summed E-state index contributed by atoms with van der Waals surface area (Å²) < 4.78 is 6.15. The van der Waals surface area contributed by atoms with Crippen molar-refractivity contribution in [3.05, 3.63) is 33.8 Å². The first-order valence-corrected chi connectivity index (χ1v) is 10.1. The highest BCUT2D eigenvalue weighted by molar-refractivity contribution is 9.10. The lowest BCUT2D eigenvalue weighted by Gasteiger charge is -2.34. The van der Waals surface area contributed by atoms with Gasteiger partial charge in [0.05, 0.1) is 6.61 Å². The first-order chi connectivity index (χ1) is 12.5. The lowest BCUT2D eigenvalue weighted by molar-refractivity contribution is -0.128. The van der Waals surface area contributed by atoms with Gasteiger partial charge in [0, 0.05) is 55.7 Å². The van der Waals surface area contributed by atoms with Gasteiger partial charge in [0.1, 0.15) is 0 Å². The Balaban J connectivity index is 1.50. The van der Waals surface area contributed by atoms with Gasteiger partial charge in [-0.05, 0) is 43.4 Å². The predicted molar refractivity (Wildman–Crippen MR) is 104 cm³/mol. The number of amides is 2. The molecule has 0 aliphatic carbocycles. The molecule has 1 aromatic rings. The van der Waals surface area contributed by atoms with Gasteiger partial charge >= 0.3 is 0 Å². The monoisotopic (exact) mass is 422 g/mol. The number of nitrogens with zero attached hydrogens (tertiary/aromatic N) is 2. The van der Waals surface area contributed by atoms with E-state index < -0.39 is 0 Å². The molecule has 5 nitrogen and oxygen atoms in total. The fourth-order valence-electron chi connectivity index (χ4n) is 3.92. The third-order valence-electron chi connectivity index (χ3n) is 5.50. The van der Waals surface area contributed by atoms with Crippen molar-refractivity contribution in [1.29, 1.82) is 0 Å². The number of carbonyl (C=O) groups excluding carboxylic acids is 2. The number of likely N-dealkylation sites (tertiary alicyclic amines) is 2. The maximum Gasteiger partial charge on any atom is 0.253 e. The predicted octanol–water partition coefficient (Wildman–Crippen LogP) is 3.10. The minimum atomic E-state index is 0.0987. The number of methoxy groups -OCH3 is 1. The van der Waals surface area contributed by atoms with Crippen LogP contribution in [0.15, 0.2) is 22.7 Å². The van der Waals surface area contributed by atoms with Crippen molar-refractivity contribution in [1.82, 2.24) is 9.80 Å². The van der Waals surface area contributed by atoms with E-state index in [0.717, 1.165) is 54.6 Å². The first kappa shape index (κ1) is 19.4. The number of halogens is 1. The van der Waals surface area contributed by atoms with Gasteiger partial charge in [-0.3, -0.25) is 9.59 Å². The molecule has 6 heteroatoms. The summed E-state index contributed by atoms with van der Waals surface area (Å²) in [6.45, 7) is 5.82. The van der Waals surface area contributed by atoms with Crippen LogP contribution < -0.4 is 0 Å². The molecule has 3 rings (SSSR count). The highest BCUT2D eigenvalue weighted by Gasteiger charge is 2.32. The Labute approximate surface area is 163 Å². The van der Waals surface area contributed by atoms with E-state index >= 15 is 0 Å². The zero-order valence-corrected chi connectivity index (χ0v) is 17.1. The summed E-state index contributed by atoms with van der Waals surface area (Å²) in [5, 5.41) is 0. The van der Waals surface area contributed by atoms with E-state index in [1.54, 1.807) is 7.11 Å². The summed E-state index contributed by atoms with van der Waals surface area (Å²) in [6, 6.07) is 5.77. The SMILES string of the molecule is COCC1CC(=O)N(CC2CCN(C(=O)c3ccc(C)c(Br)c3)CC2)C1. The quantitative estimate of drug-likeness (QED) is 0.732. The van der Waals surface area contributed by atoms with E-state index in [-0.39, 0.29) is 11.8 Å². The molecule has 2 heterocycles. The van der Waals surface area contributed by atoms with Crippen molar-refractivity contribution in [2.24, 2.45) is 11.8 Å². The number of piperidine rings is 1. The Morgan fingerprint density at radius 1 is 1.27 bits per heavy atom. The molecule has 0 N–H and O–H groups in total. The molecule has 1 unspecified atom stereocenters. The lowest BCUT2D eigenvalue weighted by atomic mass is 9.95. The molecular weight excluding hydrogens is 396 g/mol. The van der Waals surface area contributed by atoms with Crippen LogP contribution in [0.5, 0.6) is 0 Å². The van der Waals surface area contributed by atoms with E-state index in [9.17, 15) is 9.59 Å². The second-order valence-electron chi connectivity index (χ2n) is 7.52. The zero-order valence-electron chi connectivity index (χ0n) is 15.5. The fraction of sp³-hybridized carbons (Fsp3) is 0.600. The maximum absolute atomic E-state index is 12.7. The fourth-order valence-corrected chi connectivity index (χ4v) is 4.30. The number of rotatable bonds is 5. The lowest BCUT2D eigenvalue weighted by Crippen LogP contribution is -2.42. The van der Waals surface area contributed by atoms with E-state index in [1.807, 2.05) is 34.9 Å². The minimum absolute atomic E-state index is 0.0987. The van der Waals surface area contributed by atoms with Crippen LogP contribution in [-0.4, -0.2) is 61.5 Å². The molecule has 2 fully saturated rings. The standard InChI is InChI=1S/C20H27BrN2O3/c1-14-3-4-17(10-18(14)21)20(25)22-7-5-15(6-8-22)11-23-12-16(13-26-2)9-19(23)24/h3-4,10,15-16H,5-9,11-13H2,1-2H3. The second kappa shape index (κ2) is 8.53. The molecule has 0 aromatic heterocycles. The molecule has 1 aromatic carbocycles. The molecule has 0 spiro atoms. The second-order valence-corrected chi connectivity index (χ2v) is 8.38. The normalized spacial score (nSPS) is 21.5. The van der Waals surface area contributed by atoms with E-state index in [0.29, 0.717) is 24.9 Å². The van der Waals surface area contributed by atoms with Crippen molar-refractivity contribution in [3.8, 4) is 0 Å². The van der Waals surface area contributed by atoms with Gasteiger partial charge in [-0.15, -0.1) is 0 Å². The third-order valence-corrected chi connectivity index (χ3v) is 6.35. The Kier molecular flexibility index (Phi) is 6.35. The number of hydrogen-bond donors (Lipinski definition) is 0. The summed E-state index contributed by atoms with van der Waals surface area (Å²) >= 11 is 3.50. The van der Waals surface area contributed by atoms with Crippen LogP contribution in [0, 0.1) is 18.8 Å². The van der Waals surface area contributed by atoms with Crippen LogP contribution in [0.25, 0.3) is 0 Å². The molecule has 0 radical (unpaired) electrons. The largest absolute Gasteiger partial charge is 0.384 e. The maximum atomic E-state index is 12.7. The third kappa shape index (κ3) is 4.46. The van der Waals surface area contributed by atoms with Crippen molar-refractivity contribution < 1.29 is 14.3 Å². The summed E-state index contributed by atoms with van der Waals surface area (Å²) in [5.41, 5.74) is 1.86. The summed E-state index contributed by atoms with van der Waals surface area (Å²) in [6.07, 6.45) is 2.52. The van der Waals surface area contributed by atoms with Crippen molar-refractivity contribution >= 4 is 27.7 Å². The van der Waals surface area contributed by atoms with Crippen LogP contribution in [0.3, 0.4) is 0 Å². The highest BCUT2D eigenvalue weighted by Crippen LogP contribution is 2.25. The number of aryl methyl sites for hydroxylation is 1. The first-order valence-electron chi connectivity index (χ1n) is 9.30. The molecule has 2 saturated heterocycles. The van der Waals surface area contributed by atoms with Crippen molar-refractivity contribution in [3.63, 3.8) is 0 Å². The van der Waals surface area contributed by atoms with Crippen LogP contribution >= 0.6 is 15.9 Å². The highest BCUT2D eigenvalue weighted by atomic mass is 79.9. The molecule has 26 heavy (non-hydrogen) atoms. The molecule has 142 valence electrons. The number of ether oxygens (including phenoxy) is 1. The molecular formula is C20H27BrN2O3. The van der Waals surface area contributed by atoms with Gasteiger partial charge in [-0.2, -0.15) is 0 Å². The average Bonchev–Trinajstić information content (AvgIpc) is 2.97. The van der Waals surface area contributed by atoms with Crippen LogP contribution in [-0.2, 0) is 9.53 Å².